The first-order chi connectivity index (χ1) is 5.95. The molecule has 0 aliphatic rings. The Labute approximate surface area is 86.2 Å². The van der Waals surface area contributed by atoms with Crippen LogP contribution in [-0.4, -0.2) is 5.11 Å². The first kappa shape index (κ1) is 10.9. The van der Waals surface area contributed by atoms with E-state index in [1.807, 2.05) is 0 Å². The third kappa shape index (κ3) is 2.62. The number of thiol groups is 1. The molecule has 1 aromatic carbocycles. The highest BCUT2D eigenvalue weighted by molar-refractivity contribution is 8.68. The molecule has 0 radical (unpaired) electrons. The molecule has 72 valence electrons. The Morgan fingerprint density at radius 1 is 1.46 bits per heavy atom. The Balaban J connectivity index is 3.13. The minimum Gasteiger partial charge on any atom is -0.386 e. The standard InChI is InChI=1S/C9H11FOS2/c1-9(2,11)7-4-3-6(13-12)5-8(7)10/h3-5,11-12H,1-2H3. The maximum atomic E-state index is 13.3. The van der Waals surface area contributed by atoms with Gasteiger partial charge in [0, 0.05) is 10.5 Å². The van der Waals surface area contributed by atoms with Crippen molar-refractivity contribution in [3.63, 3.8) is 0 Å². The van der Waals surface area contributed by atoms with Gasteiger partial charge in [-0.1, -0.05) is 16.9 Å². The predicted octanol–water partition coefficient (Wildman–Crippen LogP) is 2.99. The topological polar surface area (TPSA) is 20.2 Å². The Morgan fingerprint density at radius 2 is 2.08 bits per heavy atom. The maximum Gasteiger partial charge on any atom is 0.130 e. The van der Waals surface area contributed by atoms with Gasteiger partial charge in [-0.25, -0.2) is 4.39 Å². The summed E-state index contributed by atoms with van der Waals surface area (Å²) in [5, 5.41) is 9.57. The molecule has 0 atom stereocenters. The first-order valence-electron chi connectivity index (χ1n) is 3.79. The second-order valence-electron chi connectivity index (χ2n) is 3.29. The van der Waals surface area contributed by atoms with Crippen LogP contribution < -0.4 is 0 Å². The van der Waals surface area contributed by atoms with E-state index in [2.05, 4.69) is 11.7 Å². The summed E-state index contributed by atoms with van der Waals surface area (Å²) in [5.74, 6) is -0.397. The Bertz CT molecular complexity index is 307. The van der Waals surface area contributed by atoms with Gasteiger partial charge in [0.1, 0.15) is 5.82 Å². The first-order valence-corrected chi connectivity index (χ1v) is 5.66. The van der Waals surface area contributed by atoms with Crippen LogP contribution in [0.5, 0.6) is 0 Å². The molecule has 0 unspecified atom stereocenters. The molecule has 13 heavy (non-hydrogen) atoms. The Kier molecular flexibility index (Phi) is 3.27. The van der Waals surface area contributed by atoms with Gasteiger partial charge in [-0.05, 0) is 26.0 Å². The van der Waals surface area contributed by atoms with E-state index in [-0.39, 0.29) is 0 Å². The zero-order valence-electron chi connectivity index (χ0n) is 7.41. The number of hydrogen-bond acceptors (Lipinski definition) is 3. The fraction of sp³-hybridized carbons (Fsp3) is 0.333. The molecule has 0 bridgehead atoms. The molecule has 4 heteroatoms. The summed E-state index contributed by atoms with van der Waals surface area (Å²) in [6.07, 6.45) is 0. The number of halogens is 1. The van der Waals surface area contributed by atoms with Gasteiger partial charge in [-0.15, -0.1) is 11.7 Å². The monoisotopic (exact) mass is 218 g/mol. The van der Waals surface area contributed by atoms with E-state index < -0.39 is 11.4 Å². The summed E-state index contributed by atoms with van der Waals surface area (Å²) in [5.41, 5.74) is -0.831. The molecular weight excluding hydrogens is 207 g/mol. The second-order valence-corrected chi connectivity index (χ2v) is 4.49. The van der Waals surface area contributed by atoms with Crippen LogP contribution in [0.3, 0.4) is 0 Å². The molecule has 1 nitrogen and oxygen atoms in total. The van der Waals surface area contributed by atoms with Crippen molar-refractivity contribution in [2.75, 3.05) is 0 Å². The zero-order chi connectivity index (χ0) is 10.1. The van der Waals surface area contributed by atoms with Crippen molar-refractivity contribution in [3.8, 4) is 0 Å². The van der Waals surface area contributed by atoms with Crippen molar-refractivity contribution in [2.24, 2.45) is 0 Å². The van der Waals surface area contributed by atoms with E-state index >= 15 is 0 Å². The lowest BCUT2D eigenvalue weighted by molar-refractivity contribution is 0.0744. The van der Waals surface area contributed by atoms with E-state index in [0.717, 1.165) is 4.90 Å². The number of hydrogen-bond donors (Lipinski definition) is 2. The van der Waals surface area contributed by atoms with Gasteiger partial charge < -0.3 is 5.11 Å². The maximum absolute atomic E-state index is 13.3. The van der Waals surface area contributed by atoms with Gasteiger partial charge in [-0.3, -0.25) is 0 Å². The third-order valence-corrected chi connectivity index (χ3v) is 2.80. The molecule has 0 aromatic heterocycles. The van der Waals surface area contributed by atoms with Crippen LogP contribution in [0.25, 0.3) is 0 Å². The van der Waals surface area contributed by atoms with Crippen LogP contribution >= 0.6 is 22.5 Å². The Morgan fingerprint density at radius 3 is 2.46 bits per heavy atom. The van der Waals surface area contributed by atoms with Crippen LogP contribution in [0.2, 0.25) is 0 Å². The minimum absolute atomic E-state index is 0.304. The van der Waals surface area contributed by atoms with Crippen LogP contribution in [-0.2, 0) is 5.60 Å². The van der Waals surface area contributed by atoms with Gasteiger partial charge in [0.2, 0.25) is 0 Å². The van der Waals surface area contributed by atoms with Crippen LogP contribution in [0.15, 0.2) is 23.1 Å². The van der Waals surface area contributed by atoms with Crippen molar-refractivity contribution < 1.29 is 9.50 Å². The molecule has 0 spiro atoms. The molecular formula is C9H11FOS2. The largest absolute Gasteiger partial charge is 0.386 e. The second kappa shape index (κ2) is 3.90. The average Bonchev–Trinajstić information content (AvgIpc) is 2.01. The molecule has 0 aliphatic carbocycles. The van der Waals surface area contributed by atoms with E-state index in [9.17, 15) is 9.50 Å². The molecule has 0 fully saturated rings. The lowest BCUT2D eigenvalue weighted by Gasteiger charge is -2.18. The van der Waals surface area contributed by atoms with Crippen molar-refractivity contribution in [1.82, 2.24) is 0 Å². The van der Waals surface area contributed by atoms with Gasteiger partial charge in [0.25, 0.3) is 0 Å². The highest BCUT2D eigenvalue weighted by Gasteiger charge is 2.20. The summed E-state index contributed by atoms with van der Waals surface area (Å²) >= 11 is 3.95. The van der Waals surface area contributed by atoms with E-state index in [1.165, 1.54) is 16.9 Å². The lowest BCUT2D eigenvalue weighted by Crippen LogP contribution is -2.17. The van der Waals surface area contributed by atoms with E-state index in [0.29, 0.717) is 5.56 Å². The smallest absolute Gasteiger partial charge is 0.130 e. The SMILES string of the molecule is CC(C)(O)c1ccc(SS)cc1F. The molecule has 1 rings (SSSR count). The van der Waals surface area contributed by atoms with Crippen molar-refractivity contribution in [1.29, 1.82) is 0 Å². The number of rotatable bonds is 2. The minimum atomic E-state index is -1.14. The zero-order valence-corrected chi connectivity index (χ0v) is 9.12. The van der Waals surface area contributed by atoms with Gasteiger partial charge in [0.15, 0.2) is 0 Å². The molecule has 1 aromatic rings. The van der Waals surface area contributed by atoms with Gasteiger partial charge >= 0.3 is 0 Å². The van der Waals surface area contributed by atoms with Gasteiger partial charge in [-0.2, -0.15) is 0 Å². The number of aliphatic hydroxyl groups is 1. The lowest BCUT2D eigenvalue weighted by atomic mass is 9.98. The van der Waals surface area contributed by atoms with Gasteiger partial charge in [0.05, 0.1) is 5.60 Å². The van der Waals surface area contributed by atoms with Crippen molar-refractivity contribution in [3.05, 3.63) is 29.6 Å². The average molecular weight is 218 g/mol. The molecule has 0 heterocycles. The number of benzene rings is 1. The van der Waals surface area contributed by atoms with E-state index in [4.69, 9.17) is 0 Å². The normalized spacial score (nSPS) is 11.8. The summed E-state index contributed by atoms with van der Waals surface area (Å²) in [6, 6.07) is 4.67. The van der Waals surface area contributed by atoms with Crippen LogP contribution in [0, 0.1) is 5.82 Å². The van der Waals surface area contributed by atoms with Crippen molar-refractivity contribution >= 4 is 22.5 Å². The molecule has 0 amide bonds. The molecule has 0 saturated carbocycles. The van der Waals surface area contributed by atoms with Crippen LogP contribution in [0.1, 0.15) is 19.4 Å². The predicted molar refractivity (Wildman–Crippen MR) is 56.5 cm³/mol. The molecule has 0 saturated heterocycles. The van der Waals surface area contributed by atoms with Crippen molar-refractivity contribution in [2.45, 2.75) is 24.3 Å². The molecule has 0 aliphatic heterocycles. The summed E-state index contributed by atoms with van der Waals surface area (Å²) < 4.78 is 13.3. The third-order valence-electron chi connectivity index (χ3n) is 1.71. The van der Waals surface area contributed by atoms with E-state index in [1.54, 1.807) is 26.0 Å². The Hall–Kier alpha value is -0.190. The summed E-state index contributed by atoms with van der Waals surface area (Å²) in [6.45, 7) is 3.11. The highest BCUT2D eigenvalue weighted by Crippen LogP contribution is 2.28. The summed E-state index contributed by atoms with van der Waals surface area (Å²) in [7, 11) is 1.18. The molecule has 1 N–H and O–H groups in total. The van der Waals surface area contributed by atoms with Crippen LogP contribution in [0.4, 0.5) is 4.39 Å². The fourth-order valence-corrected chi connectivity index (χ4v) is 1.67. The summed E-state index contributed by atoms with van der Waals surface area (Å²) in [4.78, 5) is 0.730. The highest BCUT2D eigenvalue weighted by atomic mass is 33.1. The fourth-order valence-electron chi connectivity index (χ4n) is 1.05. The quantitative estimate of drug-likeness (QED) is 0.588.